The van der Waals surface area contributed by atoms with Gasteiger partial charge in [-0.1, -0.05) is 12.1 Å². The number of nitrogens with one attached hydrogen (secondary N) is 1. The fraction of sp³-hybridized carbons (Fsp3) is 0.300. The van der Waals surface area contributed by atoms with Crippen molar-refractivity contribution in [1.29, 1.82) is 0 Å². The van der Waals surface area contributed by atoms with Crippen LogP contribution in [0.3, 0.4) is 0 Å². The molecule has 2 aromatic carbocycles. The van der Waals surface area contributed by atoms with Crippen molar-refractivity contribution in [2.75, 3.05) is 25.7 Å². The zero-order chi connectivity index (χ0) is 18.1. The highest BCUT2D eigenvalue weighted by molar-refractivity contribution is 5.79. The van der Waals surface area contributed by atoms with Gasteiger partial charge in [-0.05, 0) is 42.7 Å². The first-order chi connectivity index (χ1) is 12.7. The molecule has 0 bridgehead atoms. The van der Waals surface area contributed by atoms with E-state index in [1.807, 2.05) is 24.3 Å². The number of anilines is 1. The minimum absolute atomic E-state index is 0.152. The maximum atomic E-state index is 12.5. The van der Waals surface area contributed by atoms with Crippen LogP contribution in [-0.2, 0) is 13.0 Å². The Bertz CT molecular complexity index is 999. The lowest BCUT2D eigenvalue weighted by Gasteiger charge is -2.32. The second-order valence-electron chi connectivity index (χ2n) is 6.39. The van der Waals surface area contributed by atoms with Crippen molar-refractivity contribution in [2.24, 2.45) is 0 Å². The first-order valence-electron chi connectivity index (χ1n) is 8.67. The number of benzene rings is 2. The third-order valence-electron chi connectivity index (χ3n) is 4.80. The number of aromatic nitrogens is 2. The van der Waals surface area contributed by atoms with E-state index in [-0.39, 0.29) is 5.56 Å². The van der Waals surface area contributed by atoms with Gasteiger partial charge in [0.2, 0.25) is 0 Å². The van der Waals surface area contributed by atoms with E-state index < -0.39 is 0 Å². The minimum Gasteiger partial charge on any atom is -0.497 e. The average Bonchev–Trinajstić information content (AvgIpc) is 2.67. The Labute approximate surface area is 151 Å². The highest BCUT2D eigenvalue weighted by atomic mass is 16.5. The van der Waals surface area contributed by atoms with E-state index >= 15 is 0 Å². The zero-order valence-corrected chi connectivity index (χ0v) is 14.9. The normalized spacial score (nSPS) is 13.5. The Kier molecular flexibility index (Phi) is 4.24. The lowest BCUT2D eigenvalue weighted by atomic mass is 10.0. The molecule has 0 fully saturated rings. The van der Waals surface area contributed by atoms with Gasteiger partial charge in [0.05, 0.1) is 37.4 Å². The topological polar surface area (TPSA) is 67.5 Å². The Hall–Kier alpha value is -3.02. The van der Waals surface area contributed by atoms with E-state index in [0.717, 1.165) is 30.8 Å². The summed E-state index contributed by atoms with van der Waals surface area (Å²) in [5.74, 6) is 2.15. The predicted octanol–water partition coefficient (Wildman–Crippen LogP) is 2.89. The maximum Gasteiger partial charge on any atom is 0.258 e. The zero-order valence-electron chi connectivity index (χ0n) is 14.9. The Balaban J connectivity index is 1.72. The minimum atomic E-state index is -0.152. The molecule has 0 atom stereocenters. The van der Waals surface area contributed by atoms with Gasteiger partial charge >= 0.3 is 0 Å². The van der Waals surface area contributed by atoms with Crippen LogP contribution >= 0.6 is 0 Å². The van der Waals surface area contributed by atoms with Gasteiger partial charge in [-0.15, -0.1) is 0 Å². The van der Waals surface area contributed by atoms with Gasteiger partial charge in [0.1, 0.15) is 17.3 Å². The van der Waals surface area contributed by atoms with Gasteiger partial charge in [0.15, 0.2) is 0 Å². The number of H-pyrrole nitrogens is 1. The number of methoxy groups -OCH3 is 2. The number of aromatic amines is 1. The third-order valence-corrected chi connectivity index (χ3v) is 4.80. The van der Waals surface area contributed by atoms with Crippen LogP contribution < -0.4 is 19.9 Å². The highest BCUT2D eigenvalue weighted by Gasteiger charge is 2.22. The highest BCUT2D eigenvalue weighted by Crippen LogP contribution is 2.36. The fourth-order valence-electron chi connectivity index (χ4n) is 3.57. The molecule has 0 aliphatic carbocycles. The smallest absolute Gasteiger partial charge is 0.258 e. The average molecular weight is 351 g/mol. The number of para-hydroxylation sites is 1. The summed E-state index contributed by atoms with van der Waals surface area (Å²) in [6, 6.07) is 11.5. The summed E-state index contributed by atoms with van der Waals surface area (Å²) >= 11 is 0. The molecule has 3 aromatic rings. The monoisotopic (exact) mass is 351 g/mol. The van der Waals surface area contributed by atoms with Crippen LogP contribution in [0.1, 0.15) is 17.8 Å². The Morgan fingerprint density at radius 1 is 1.19 bits per heavy atom. The predicted molar refractivity (Wildman–Crippen MR) is 101 cm³/mol. The summed E-state index contributed by atoms with van der Waals surface area (Å²) in [6.45, 7) is 1.43. The van der Waals surface area contributed by atoms with Crippen LogP contribution in [0.2, 0.25) is 0 Å². The fourth-order valence-corrected chi connectivity index (χ4v) is 3.57. The van der Waals surface area contributed by atoms with Crippen molar-refractivity contribution in [2.45, 2.75) is 19.4 Å². The SMILES string of the molecule is COc1ccc2nc(CN3CCCc4cccc(OC)c43)[nH]c(=O)c2c1. The van der Waals surface area contributed by atoms with Crippen molar-refractivity contribution in [3.05, 3.63) is 58.1 Å². The molecule has 6 heteroatoms. The summed E-state index contributed by atoms with van der Waals surface area (Å²) in [5.41, 5.74) is 2.88. The molecule has 6 nitrogen and oxygen atoms in total. The quantitative estimate of drug-likeness (QED) is 0.783. The van der Waals surface area contributed by atoms with E-state index in [2.05, 4.69) is 20.9 Å². The van der Waals surface area contributed by atoms with Gasteiger partial charge < -0.3 is 19.4 Å². The van der Waals surface area contributed by atoms with Gasteiger partial charge in [0.25, 0.3) is 5.56 Å². The van der Waals surface area contributed by atoms with Crippen molar-refractivity contribution in [3.8, 4) is 11.5 Å². The van der Waals surface area contributed by atoms with E-state index in [1.54, 1.807) is 20.3 Å². The molecule has 0 spiro atoms. The van der Waals surface area contributed by atoms with E-state index in [4.69, 9.17) is 9.47 Å². The third kappa shape index (κ3) is 2.87. The molecule has 0 radical (unpaired) electrons. The summed E-state index contributed by atoms with van der Waals surface area (Å²) in [5, 5.41) is 0.532. The molecule has 1 aliphatic heterocycles. The van der Waals surface area contributed by atoms with Crippen LogP contribution in [0.5, 0.6) is 11.5 Å². The maximum absolute atomic E-state index is 12.5. The van der Waals surface area contributed by atoms with Crippen molar-refractivity contribution < 1.29 is 9.47 Å². The lowest BCUT2D eigenvalue weighted by Crippen LogP contribution is -2.31. The number of hydrogen-bond donors (Lipinski definition) is 1. The van der Waals surface area contributed by atoms with E-state index in [1.165, 1.54) is 5.56 Å². The molecule has 0 saturated heterocycles. The van der Waals surface area contributed by atoms with Gasteiger partial charge in [-0.2, -0.15) is 0 Å². The standard InChI is InChI=1S/C20H21N3O3/c1-25-14-8-9-16-15(11-14)20(24)22-18(21-16)12-23-10-4-6-13-5-3-7-17(26-2)19(13)23/h3,5,7-9,11H,4,6,10,12H2,1-2H3,(H,21,22,24). The molecule has 1 N–H and O–H groups in total. The summed E-state index contributed by atoms with van der Waals surface area (Å²) in [4.78, 5) is 22.3. The van der Waals surface area contributed by atoms with Crippen LogP contribution in [-0.4, -0.2) is 30.7 Å². The first kappa shape index (κ1) is 16.4. The number of ether oxygens (including phenoxy) is 2. The molecule has 0 unspecified atom stereocenters. The molecular formula is C20H21N3O3. The van der Waals surface area contributed by atoms with Crippen LogP contribution in [0.15, 0.2) is 41.2 Å². The number of hydrogen-bond acceptors (Lipinski definition) is 5. The second kappa shape index (κ2) is 6.71. The van der Waals surface area contributed by atoms with Gasteiger partial charge in [-0.3, -0.25) is 4.79 Å². The summed E-state index contributed by atoms with van der Waals surface area (Å²) in [6.07, 6.45) is 2.10. The van der Waals surface area contributed by atoms with E-state index in [0.29, 0.717) is 29.0 Å². The molecule has 4 rings (SSSR count). The Morgan fingerprint density at radius 2 is 2.08 bits per heavy atom. The molecule has 134 valence electrons. The lowest BCUT2D eigenvalue weighted by molar-refractivity contribution is 0.412. The number of nitrogens with zero attached hydrogens (tertiary/aromatic N) is 2. The van der Waals surface area contributed by atoms with Gasteiger partial charge in [0, 0.05) is 6.54 Å². The van der Waals surface area contributed by atoms with Crippen LogP contribution in [0, 0.1) is 0 Å². The summed E-state index contributed by atoms with van der Waals surface area (Å²) in [7, 11) is 3.27. The van der Waals surface area contributed by atoms with Gasteiger partial charge in [-0.25, -0.2) is 4.98 Å². The number of fused-ring (bicyclic) bond motifs is 2. The van der Waals surface area contributed by atoms with Crippen LogP contribution in [0.4, 0.5) is 5.69 Å². The number of rotatable bonds is 4. The largest absolute Gasteiger partial charge is 0.497 e. The van der Waals surface area contributed by atoms with Crippen LogP contribution in [0.25, 0.3) is 10.9 Å². The first-order valence-corrected chi connectivity index (χ1v) is 8.67. The molecule has 0 amide bonds. The molecular weight excluding hydrogens is 330 g/mol. The summed E-state index contributed by atoms with van der Waals surface area (Å²) < 4.78 is 10.7. The Morgan fingerprint density at radius 3 is 2.88 bits per heavy atom. The number of aryl methyl sites for hydroxylation is 1. The second-order valence-corrected chi connectivity index (χ2v) is 6.39. The van der Waals surface area contributed by atoms with Crippen molar-refractivity contribution in [3.63, 3.8) is 0 Å². The molecule has 1 aromatic heterocycles. The van der Waals surface area contributed by atoms with E-state index in [9.17, 15) is 4.79 Å². The molecule has 2 heterocycles. The van der Waals surface area contributed by atoms with Crippen molar-refractivity contribution >= 4 is 16.6 Å². The molecule has 1 aliphatic rings. The van der Waals surface area contributed by atoms with Crippen molar-refractivity contribution in [1.82, 2.24) is 9.97 Å². The molecule has 26 heavy (non-hydrogen) atoms. The molecule has 0 saturated carbocycles.